The normalized spacial score (nSPS) is 12.8. The number of nitrogens with one attached hydrogen (secondary N) is 1. The molecule has 4 nitrogen and oxygen atoms in total. The van der Waals surface area contributed by atoms with Crippen LogP contribution in [0.5, 0.6) is 0 Å². The van der Waals surface area contributed by atoms with Gasteiger partial charge in [-0.15, -0.1) is 0 Å². The highest BCUT2D eigenvalue weighted by atomic mass is 79.9. The van der Waals surface area contributed by atoms with Crippen molar-refractivity contribution in [2.24, 2.45) is 0 Å². The van der Waals surface area contributed by atoms with Crippen molar-refractivity contribution >= 4 is 21.8 Å². The molecule has 1 N–H and O–H groups in total. The summed E-state index contributed by atoms with van der Waals surface area (Å²) in [5.41, 5.74) is 0.682. The molecule has 0 aliphatic rings. The average molecular weight is 317 g/mol. The van der Waals surface area contributed by atoms with E-state index in [-0.39, 0.29) is 18.0 Å². The summed E-state index contributed by atoms with van der Waals surface area (Å²) >= 11 is 3.41. The van der Waals surface area contributed by atoms with Crippen LogP contribution in [0.4, 0.5) is 0 Å². The van der Waals surface area contributed by atoms with Gasteiger partial charge in [0.05, 0.1) is 0 Å². The van der Waals surface area contributed by atoms with Crippen molar-refractivity contribution in [3.05, 3.63) is 22.4 Å². The zero-order valence-electron chi connectivity index (χ0n) is 11.4. The van der Waals surface area contributed by atoms with Crippen molar-refractivity contribution in [3.63, 3.8) is 0 Å². The molecule has 0 aromatic carbocycles. The third-order valence-corrected chi connectivity index (χ3v) is 3.17. The lowest BCUT2D eigenvalue weighted by atomic mass is 10.2. The van der Waals surface area contributed by atoms with Crippen molar-refractivity contribution in [2.45, 2.75) is 39.3 Å². The number of hydrogen-bond acceptors (Lipinski definition) is 2. The minimum absolute atomic E-state index is 0.0435. The second kappa shape index (κ2) is 6.95. The van der Waals surface area contributed by atoms with Crippen molar-refractivity contribution in [1.82, 2.24) is 9.88 Å². The van der Waals surface area contributed by atoms with Gasteiger partial charge in [-0.05, 0) is 49.2 Å². The predicted molar refractivity (Wildman–Crippen MR) is 75.9 cm³/mol. The molecule has 0 radical (unpaired) electrons. The number of rotatable bonds is 6. The predicted octanol–water partition coefficient (Wildman–Crippen LogP) is 2.99. The third kappa shape index (κ3) is 4.14. The molecule has 5 heteroatoms. The Morgan fingerprint density at radius 1 is 1.50 bits per heavy atom. The quantitative estimate of drug-likeness (QED) is 0.876. The van der Waals surface area contributed by atoms with E-state index in [1.54, 1.807) is 7.11 Å². The maximum Gasteiger partial charge on any atom is 0.268 e. The first-order chi connectivity index (χ1) is 8.45. The lowest BCUT2D eigenvalue weighted by Gasteiger charge is -2.16. The van der Waals surface area contributed by atoms with Crippen LogP contribution < -0.4 is 5.32 Å². The summed E-state index contributed by atoms with van der Waals surface area (Å²) in [5, 5.41) is 2.98. The van der Waals surface area contributed by atoms with E-state index < -0.39 is 0 Å². The first kappa shape index (κ1) is 15.2. The van der Waals surface area contributed by atoms with E-state index in [1.807, 2.05) is 23.8 Å². The largest absolute Gasteiger partial charge is 0.385 e. The smallest absolute Gasteiger partial charge is 0.268 e. The molecule has 1 amide bonds. The van der Waals surface area contributed by atoms with Crippen molar-refractivity contribution in [2.75, 3.05) is 13.7 Å². The van der Waals surface area contributed by atoms with Crippen LogP contribution in [-0.2, 0) is 4.74 Å². The summed E-state index contributed by atoms with van der Waals surface area (Å²) in [5.74, 6) is -0.0435. The monoisotopic (exact) mass is 316 g/mol. The second-order valence-electron chi connectivity index (χ2n) is 4.70. The third-order valence-electron chi connectivity index (χ3n) is 2.74. The molecule has 0 fully saturated rings. The number of nitrogens with zero attached hydrogens (tertiary/aromatic N) is 1. The van der Waals surface area contributed by atoms with Gasteiger partial charge in [-0.3, -0.25) is 4.79 Å². The van der Waals surface area contributed by atoms with E-state index in [0.29, 0.717) is 12.3 Å². The maximum absolute atomic E-state index is 12.2. The summed E-state index contributed by atoms with van der Waals surface area (Å²) in [6.07, 6.45) is 2.74. The Hall–Kier alpha value is -0.810. The Morgan fingerprint density at radius 3 is 2.72 bits per heavy atom. The van der Waals surface area contributed by atoms with Crippen LogP contribution in [0.25, 0.3) is 0 Å². The van der Waals surface area contributed by atoms with Crippen LogP contribution in [0.2, 0.25) is 0 Å². The van der Waals surface area contributed by atoms with E-state index in [4.69, 9.17) is 4.74 Å². The van der Waals surface area contributed by atoms with Gasteiger partial charge in [-0.2, -0.15) is 0 Å². The molecule has 1 aromatic rings. The molecule has 1 aromatic heterocycles. The van der Waals surface area contributed by atoms with Gasteiger partial charge in [0.2, 0.25) is 0 Å². The minimum atomic E-state index is -0.0435. The molecule has 1 unspecified atom stereocenters. The Balaban J connectivity index is 2.72. The van der Waals surface area contributed by atoms with Crippen LogP contribution in [-0.4, -0.2) is 30.2 Å². The zero-order valence-corrected chi connectivity index (χ0v) is 13.0. The number of amides is 1. The average Bonchev–Trinajstić information content (AvgIpc) is 2.69. The molecule has 18 heavy (non-hydrogen) atoms. The lowest BCUT2D eigenvalue weighted by Crippen LogP contribution is -2.34. The van der Waals surface area contributed by atoms with Gasteiger partial charge in [-0.1, -0.05) is 0 Å². The fraction of sp³-hybridized carbons (Fsp3) is 0.615. The molecule has 1 heterocycles. The van der Waals surface area contributed by atoms with Gasteiger partial charge in [0.15, 0.2) is 0 Å². The first-order valence-corrected chi connectivity index (χ1v) is 6.92. The van der Waals surface area contributed by atoms with Crippen molar-refractivity contribution < 1.29 is 9.53 Å². The van der Waals surface area contributed by atoms with Gasteiger partial charge in [0.25, 0.3) is 5.91 Å². The van der Waals surface area contributed by atoms with Crippen LogP contribution in [0.1, 0.15) is 43.7 Å². The lowest BCUT2D eigenvalue weighted by molar-refractivity contribution is 0.0918. The summed E-state index contributed by atoms with van der Waals surface area (Å²) < 4.78 is 7.88. The topological polar surface area (TPSA) is 43.3 Å². The van der Waals surface area contributed by atoms with Gasteiger partial charge >= 0.3 is 0 Å². The van der Waals surface area contributed by atoms with Crippen LogP contribution in [0.15, 0.2) is 16.7 Å². The number of methoxy groups -OCH3 is 1. The van der Waals surface area contributed by atoms with Crippen LogP contribution >= 0.6 is 15.9 Å². The Bertz CT molecular complexity index is 402. The number of carbonyl (C=O) groups is 1. The van der Waals surface area contributed by atoms with E-state index in [2.05, 4.69) is 35.1 Å². The number of hydrogen-bond donors (Lipinski definition) is 1. The molecule has 1 atom stereocenters. The Morgan fingerprint density at radius 2 is 2.17 bits per heavy atom. The van der Waals surface area contributed by atoms with E-state index >= 15 is 0 Å². The van der Waals surface area contributed by atoms with Gasteiger partial charge < -0.3 is 14.6 Å². The molecule has 0 aliphatic carbocycles. The molecule has 0 saturated heterocycles. The van der Waals surface area contributed by atoms with Gasteiger partial charge in [0.1, 0.15) is 5.69 Å². The van der Waals surface area contributed by atoms with Crippen molar-refractivity contribution in [1.29, 1.82) is 0 Å². The number of carbonyl (C=O) groups excluding carboxylic acids is 1. The molecule has 0 spiro atoms. The second-order valence-corrected chi connectivity index (χ2v) is 5.62. The highest BCUT2D eigenvalue weighted by molar-refractivity contribution is 9.10. The van der Waals surface area contributed by atoms with Gasteiger partial charge in [0, 0.05) is 36.5 Å². The number of ether oxygens (including phenoxy) is 1. The molecular formula is C13H21BrN2O2. The summed E-state index contributed by atoms with van der Waals surface area (Å²) in [4.78, 5) is 12.2. The number of halogens is 1. The SMILES string of the molecule is COCCC(C)NC(=O)c1cc(Br)cn1C(C)C. The fourth-order valence-corrected chi connectivity index (χ4v) is 2.16. The summed E-state index contributed by atoms with van der Waals surface area (Å²) in [7, 11) is 1.66. The van der Waals surface area contributed by atoms with Gasteiger partial charge in [-0.25, -0.2) is 0 Å². The standard InChI is InChI=1S/C13H21BrN2O2/c1-9(2)16-8-11(14)7-12(16)13(17)15-10(3)5-6-18-4/h7-10H,5-6H2,1-4H3,(H,15,17). The number of aromatic nitrogens is 1. The van der Waals surface area contributed by atoms with E-state index in [1.165, 1.54) is 0 Å². The molecule has 102 valence electrons. The molecule has 0 saturated carbocycles. The Kier molecular flexibility index (Phi) is 5.88. The fourth-order valence-electron chi connectivity index (χ4n) is 1.72. The molecule has 0 aliphatic heterocycles. The van der Waals surface area contributed by atoms with Crippen LogP contribution in [0.3, 0.4) is 0 Å². The minimum Gasteiger partial charge on any atom is -0.385 e. The molecular weight excluding hydrogens is 296 g/mol. The molecule has 1 rings (SSSR count). The highest BCUT2D eigenvalue weighted by Crippen LogP contribution is 2.19. The van der Waals surface area contributed by atoms with E-state index in [0.717, 1.165) is 10.9 Å². The summed E-state index contributed by atoms with van der Waals surface area (Å²) in [6, 6.07) is 2.20. The first-order valence-electron chi connectivity index (χ1n) is 6.13. The maximum atomic E-state index is 12.2. The highest BCUT2D eigenvalue weighted by Gasteiger charge is 2.16. The zero-order chi connectivity index (χ0) is 13.7. The Labute approximate surface area is 117 Å². The van der Waals surface area contributed by atoms with Crippen LogP contribution in [0, 0.1) is 0 Å². The summed E-state index contributed by atoms with van der Waals surface area (Å²) in [6.45, 7) is 6.74. The molecule has 0 bridgehead atoms. The van der Waals surface area contributed by atoms with E-state index in [9.17, 15) is 4.79 Å². The van der Waals surface area contributed by atoms with Crippen molar-refractivity contribution in [3.8, 4) is 0 Å².